The van der Waals surface area contributed by atoms with Gasteiger partial charge in [0, 0.05) is 22.5 Å². The SMILES string of the molecule is CN(Cc1ccc(I)cc1)c1cs[c]n1. The van der Waals surface area contributed by atoms with E-state index in [0.29, 0.717) is 0 Å². The molecule has 0 fully saturated rings. The molecular formula is C11H10IN2S. The summed E-state index contributed by atoms with van der Waals surface area (Å²) in [5, 5.41) is 2.01. The monoisotopic (exact) mass is 329 g/mol. The minimum Gasteiger partial charge on any atom is -0.355 e. The molecule has 0 saturated heterocycles. The third-order valence-corrected chi connectivity index (χ3v) is 3.35. The van der Waals surface area contributed by atoms with E-state index < -0.39 is 0 Å². The van der Waals surface area contributed by atoms with Crippen molar-refractivity contribution < 1.29 is 0 Å². The summed E-state index contributed by atoms with van der Waals surface area (Å²) in [5.74, 6) is 0.985. The van der Waals surface area contributed by atoms with Crippen molar-refractivity contribution in [1.29, 1.82) is 0 Å². The zero-order valence-electron chi connectivity index (χ0n) is 8.27. The molecule has 2 aromatic rings. The van der Waals surface area contributed by atoms with Gasteiger partial charge in [-0.3, -0.25) is 0 Å². The quantitative estimate of drug-likeness (QED) is 0.804. The zero-order valence-corrected chi connectivity index (χ0v) is 11.2. The summed E-state index contributed by atoms with van der Waals surface area (Å²) in [7, 11) is 2.04. The Morgan fingerprint density at radius 1 is 1.40 bits per heavy atom. The van der Waals surface area contributed by atoms with Gasteiger partial charge in [-0.2, -0.15) is 0 Å². The topological polar surface area (TPSA) is 16.1 Å². The van der Waals surface area contributed by atoms with Crippen LogP contribution in [0.4, 0.5) is 5.82 Å². The van der Waals surface area contributed by atoms with E-state index in [4.69, 9.17) is 0 Å². The molecule has 0 atom stereocenters. The first kappa shape index (κ1) is 10.9. The first-order valence-corrected chi connectivity index (χ1v) is 6.49. The van der Waals surface area contributed by atoms with Crippen molar-refractivity contribution >= 4 is 39.7 Å². The van der Waals surface area contributed by atoms with E-state index in [-0.39, 0.29) is 0 Å². The molecule has 0 amide bonds. The Bertz CT molecular complexity index is 411. The van der Waals surface area contributed by atoms with Crippen LogP contribution in [0, 0.1) is 9.08 Å². The van der Waals surface area contributed by atoms with Crippen LogP contribution in [0.15, 0.2) is 29.6 Å². The van der Waals surface area contributed by atoms with Gasteiger partial charge in [-0.25, -0.2) is 4.98 Å². The van der Waals surface area contributed by atoms with Gasteiger partial charge < -0.3 is 4.90 Å². The Kier molecular flexibility index (Phi) is 3.58. The van der Waals surface area contributed by atoms with Crippen molar-refractivity contribution in [1.82, 2.24) is 4.98 Å². The fraction of sp³-hybridized carbons (Fsp3) is 0.182. The number of aromatic nitrogens is 1. The van der Waals surface area contributed by atoms with Crippen molar-refractivity contribution in [2.45, 2.75) is 6.54 Å². The lowest BCUT2D eigenvalue weighted by atomic mass is 10.2. The van der Waals surface area contributed by atoms with Crippen molar-refractivity contribution in [2.75, 3.05) is 11.9 Å². The number of nitrogens with zero attached hydrogens (tertiary/aromatic N) is 2. The van der Waals surface area contributed by atoms with Crippen molar-refractivity contribution in [3.63, 3.8) is 0 Å². The van der Waals surface area contributed by atoms with Gasteiger partial charge in [0.2, 0.25) is 0 Å². The molecular weight excluding hydrogens is 319 g/mol. The Morgan fingerprint density at radius 2 is 2.13 bits per heavy atom. The second-order valence-electron chi connectivity index (χ2n) is 3.28. The lowest BCUT2D eigenvalue weighted by Gasteiger charge is -2.15. The third kappa shape index (κ3) is 2.92. The molecule has 1 aromatic heterocycles. The summed E-state index contributed by atoms with van der Waals surface area (Å²) >= 11 is 3.81. The highest BCUT2D eigenvalue weighted by molar-refractivity contribution is 14.1. The van der Waals surface area contributed by atoms with Gasteiger partial charge in [-0.1, -0.05) is 12.1 Å². The van der Waals surface area contributed by atoms with E-state index in [1.54, 1.807) is 0 Å². The predicted molar refractivity (Wildman–Crippen MR) is 72.2 cm³/mol. The second-order valence-corrected chi connectivity index (χ2v) is 5.18. The highest BCUT2D eigenvalue weighted by atomic mass is 127. The highest BCUT2D eigenvalue weighted by Gasteiger charge is 2.03. The van der Waals surface area contributed by atoms with E-state index in [9.17, 15) is 0 Å². The minimum absolute atomic E-state index is 0.883. The molecule has 0 unspecified atom stereocenters. The van der Waals surface area contributed by atoms with Crippen LogP contribution in [-0.4, -0.2) is 12.0 Å². The molecule has 2 rings (SSSR count). The van der Waals surface area contributed by atoms with E-state index in [0.717, 1.165) is 12.4 Å². The Labute approximate surface area is 107 Å². The number of hydrogen-bond donors (Lipinski definition) is 0. The van der Waals surface area contributed by atoms with Crippen LogP contribution >= 0.6 is 33.9 Å². The molecule has 0 aliphatic heterocycles. The lowest BCUT2D eigenvalue weighted by molar-refractivity contribution is 0.904. The van der Waals surface area contributed by atoms with Gasteiger partial charge in [0.15, 0.2) is 5.51 Å². The van der Waals surface area contributed by atoms with Gasteiger partial charge in [0.25, 0.3) is 0 Å². The number of benzene rings is 1. The van der Waals surface area contributed by atoms with Gasteiger partial charge in [0.1, 0.15) is 5.82 Å². The van der Waals surface area contributed by atoms with Gasteiger partial charge in [0.05, 0.1) is 0 Å². The van der Waals surface area contributed by atoms with Crippen LogP contribution in [0.2, 0.25) is 0 Å². The molecule has 4 heteroatoms. The molecule has 77 valence electrons. The van der Waals surface area contributed by atoms with Gasteiger partial charge in [-0.05, 0) is 40.3 Å². The molecule has 1 aromatic carbocycles. The Hall–Kier alpha value is -0.620. The van der Waals surface area contributed by atoms with Crippen molar-refractivity contribution in [2.24, 2.45) is 0 Å². The molecule has 0 N–H and O–H groups in total. The maximum atomic E-state index is 4.15. The third-order valence-electron chi connectivity index (χ3n) is 2.10. The molecule has 1 radical (unpaired) electrons. The maximum Gasteiger partial charge on any atom is 0.154 e. The summed E-state index contributed by atoms with van der Waals surface area (Å²) in [6.45, 7) is 0.883. The number of thiazole rings is 1. The van der Waals surface area contributed by atoms with Crippen LogP contribution in [-0.2, 0) is 6.54 Å². The van der Waals surface area contributed by atoms with E-state index >= 15 is 0 Å². The fourth-order valence-electron chi connectivity index (χ4n) is 1.30. The number of halogens is 1. The van der Waals surface area contributed by atoms with Crippen LogP contribution in [0.25, 0.3) is 0 Å². The number of rotatable bonds is 3. The number of hydrogen-bond acceptors (Lipinski definition) is 3. The summed E-state index contributed by atoms with van der Waals surface area (Å²) in [5.41, 5.74) is 4.15. The smallest absolute Gasteiger partial charge is 0.154 e. The fourth-order valence-corrected chi connectivity index (χ4v) is 2.20. The lowest BCUT2D eigenvalue weighted by Crippen LogP contribution is -2.16. The Balaban J connectivity index is 2.06. The molecule has 0 aliphatic rings. The number of anilines is 1. The first-order chi connectivity index (χ1) is 7.25. The second kappa shape index (κ2) is 4.94. The summed E-state index contributed by atoms with van der Waals surface area (Å²) in [4.78, 5) is 6.27. The molecule has 0 aliphatic carbocycles. The molecule has 0 spiro atoms. The summed E-state index contributed by atoms with van der Waals surface area (Å²) in [6.07, 6.45) is 0. The highest BCUT2D eigenvalue weighted by Crippen LogP contribution is 2.15. The zero-order chi connectivity index (χ0) is 10.7. The largest absolute Gasteiger partial charge is 0.355 e. The predicted octanol–water partition coefficient (Wildman–Crippen LogP) is 3.18. The van der Waals surface area contributed by atoms with E-state index in [2.05, 4.69) is 62.3 Å². The Morgan fingerprint density at radius 3 is 2.73 bits per heavy atom. The average Bonchev–Trinajstić information content (AvgIpc) is 2.74. The molecule has 0 bridgehead atoms. The van der Waals surface area contributed by atoms with E-state index in [1.807, 2.05) is 12.4 Å². The van der Waals surface area contributed by atoms with Crippen molar-refractivity contribution in [3.05, 3.63) is 44.3 Å². The molecule has 15 heavy (non-hydrogen) atoms. The van der Waals surface area contributed by atoms with Crippen LogP contribution in [0.1, 0.15) is 5.56 Å². The van der Waals surface area contributed by atoms with Crippen LogP contribution < -0.4 is 4.90 Å². The van der Waals surface area contributed by atoms with E-state index in [1.165, 1.54) is 20.5 Å². The van der Waals surface area contributed by atoms with Crippen LogP contribution in [0.5, 0.6) is 0 Å². The molecule has 0 saturated carbocycles. The maximum absolute atomic E-state index is 4.15. The molecule has 2 nitrogen and oxygen atoms in total. The van der Waals surface area contributed by atoms with Gasteiger partial charge >= 0.3 is 0 Å². The average molecular weight is 329 g/mol. The van der Waals surface area contributed by atoms with Crippen molar-refractivity contribution in [3.8, 4) is 0 Å². The summed E-state index contributed by atoms with van der Waals surface area (Å²) < 4.78 is 1.26. The first-order valence-electron chi connectivity index (χ1n) is 4.53. The minimum atomic E-state index is 0.883. The standard InChI is InChI=1S/C11H10IN2S/c1-14(11-7-15-8-13-11)6-9-2-4-10(12)5-3-9/h2-5,7H,6H2,1H3. The van der Waals surface area contributed by atoms with Gasteiger partial charge in [-0.15, -0.1) is 11.3 Å². The molecule has 1 heterocycles. The summed E-state index contributed by atoms with van der Waals surface area (Å²) in [6, 6.07) is 8.54. The normalized spacial score (nSPS) is 10.3. The van der Waals surface area contributed by atoms with Crippen LogP contribution in [0.3, 0.4) is 0 Å².